The van der Waals surface area contributed by atoms with Gasteiger partial charge in [-0.25, -0.2) is 0 Å². The molecule has 1 fully saturated rings. The third-order valence-corrected chi connectivity index (χ3v) is 3.83. The lowest BCUT2D eigenvalue weighted by Crippen LogP contribution is -2.43. The number of carbonyl (C=O) groups excluding carboxylic acids is 1. The third-order valence-electron chi connectivity index (χ3n) is 3.83. The lowest BCUT2D eigenvalue weighted by atomic mass is 10.1. The number of aliphatic hydroxyl groups is 1. The van der Waals surface area contributed by atoms with E-state index in [1.165, 1.54) is 0 Å². The number of aryl methyl sites for hydroxylation is 2. The summed E-state index contributed by atoms with van der Waals surface area (Å²) in [6.45, 7) is 5.68. The van der Waals surface area contributed by atoms with Crippen molar-refractivity contribution in [3.63, 3.8) is 0 Å². The third kappa shape index (κ3) is 3.58. The van der Waals surface area contributed by atoms with Crippen LogP contribution in [-0.2, 0) is 11.2 Å². The summed E-state index contributed by atoms with van der Waals surface area (Å²) < 4.78 is 5.09. The molecule has 1 aliphatic rings. The summed E-state index contributed by atoms with van der Waals surface area (Å²) >= 11 is 0. The Balaban J connectivity index is 1.99. The van der Waals surface area contributed by atoms with E-state index in [0.717, 1.165) is 30.6 Å². The van der Waals surface area contributed by atoms with Crippen molar-refractivity contribution in [2.24, 2.45) is 0 Å². The van der Waals surface area contributed by atoms with E-state index in [1.807, 2.05) is 13.8 Å². The van der Waals surface area contributed by atoms with Crippen LogP contribution in [0.4, 0.5) is 0 Å². The molecule has 0 saturated carbocycles. The van der Waals surface area contributed by atoms with Crippen LogP contribution in [0.15, 0.2) is 4.52 Å². The monoisotopic (exact) mass is 281 g/mol. The van der Waals surface area contributed by atoms with Crippen LogP contribution >= 0.6 is 0 Å². The van der Waals surface area contributed by atoms with Crippen LogP contribution in [0.1, 0.15) is 29.9 Å². The summed E-state index contributed by atoms with van der Waals surface area (Å²) in [5.74, 6) is 0.709. The van der Waals surface area contributed by atoms with Crippen LogP contribution in [0, 0.1) is 13.8 Å². The quantitative estimate of drug-likeness (QED) is 0.789. The Morgan fingerprint density at radius 2 is 2.35 bits per heavy atom. The number of nitrogens with zero attached hydrogens (tertiary/aromatic N) is 2. The van der Waals surface area contributed by atoms with Crippen molar-refractivity contribution >= 4 is 5.91 Å². The number of hydrogen-bond acceptors (Lipinski definition) is 5. The van der Waals surface area contributed by atoms with E-state index in [2.05, 4.69) is 10.5 Å². The molecule has 1 aliphatic heterocycles. The molecule has 0 spiro atoms. The molecule has 112 valence electrons. The van der Waals surface area contributed by atoms with Crippen LogP contribution in [0.3, 0.4) is 0 Å². The molecule has 2 heterocycles. The molecule has 2 rings (SSSR count). The molecule has 0 aliphatic carbocycles. The fourth-order valence-electron chi connectivity index (χ4n) is 2.63. The van der Waals surface area contributed by atoms with Gasteiger partial charge in [-0.2, -0.15) is 0 Å². The molecule has 0 radical (unpaired) electrons. The normalized spacial score (nSPS) is 18.4. The van der Waals surface area contributed by atoms with Gasteiger partial charge in [-0.05, 0) is 33.2 Å². The molecule has 1 aromatic rings. The molecule has 1 atom stereocenters. The van der Waals surface area contributed by atoms with Crippen molar-refractivity contribution in [2.75, 3.05) is 26.2 Å². The number of nitrogens with one attached hydrogen (secondary N) is 1. The maximum Gasteiger partial charge on any atom is 0.227 e. The van der Waals surface area contributed by atoms with Crippen LogP contribution < -0.4 is 5.32 Å². The first-order chi connectivity index (χ1) is 9.61. The maximum atomic E-state index is 12.4. The van der Waals surface area contributed by atoms with E-state index >= 15 is 0 Å². The zero-order valence-corrected chi connectivity index (χ0v) is 12.2. The van der Waals surface area contributed by atoms with Gasteiger partial charge in [-0.3, -0.25) is 4.79 Å². The highest BCUT2D eigenvalue weighted by molar-refractivity contribution is 5.79. The van der Waals surface area contributed by atoms with Crippen molar-refractivity contribution in [2.45, 2.75) is 39.2 Å². The summed E-state index contributed by atoms with van der Waals surface area (Å²) in [5.41, 5.74) is 1.62. The fraction of sp³-hybridized carbons (Fsp3) is 0.714. The molecular formula is C14H23N3O3. The first-order valence-corrected chi connectivity index (χ1v) is 7.15. The van der Waals surface area contributed by atoms with Gasteiger partial charge in [0.1, 0.15) is 5.76 Å². The molecule has 1 saturated heterocycles. The Hall–Kier alpha value is -1.40. The molecule has 1 aromatic heterocycles. The summed E-state index contributed by atoms with van der Waals surface area (Å²) in [5, 5.41) is 16.4. The zero-order chi connectivity index (χ0) is 14.5. The molecule has 20 heavy (non-hydrogen) atoms. The molecule has 6 heteroatoms. The number of carbonyl (C=O) groups is 1. The second-order valence-electron chi connectivity index (χ2n) is 5.34. The van der Waals surface area contributed by atoms with E-state index in [1.54, 1.807) is 4.90 Å². The van der Waals surface area contributed by atoms with Crippen molar-refractivity contribution in [1.29, 1.82) is 0 Å². The number of hydrogen-bond donors (Lipinski definition) is 2. The smallest absolute Gasteiger partial charge is 0.227 e. The van der Waals surface area contributed by atoms with Crippen LogP contribution in [0.25, 0.3) is 0 Å². The van der Waals surface area contributed by atoms with Crippen molar-refractivity contribution in [3.05, 3.63) is 17.0 Å². The molecule has 2 N–H and O–H groups in total. The highest BCUT2D eigenvalue weighted by Crippen LogP contribution is 2.15. The Morgan fingerprint density at radius 1 is 1.55 bits per heavy atom. The minimum atomic E-state index is -0.0138. The Labute approximate surface area is 119 Å². The number of amides is 1. The van der Waals surface area contributed by atoms with Gasteiger partial charge >= 0.3 is 0 Å². The van der Waals surface area contributed by atoms with E-state index in [9.17, 15) is 4.79 Å². The van der Waals surface area contributed by atoms with Gasteiger partial charge in [-0.15, -0.1) is 0 Å². The highest BCUT2D eigenvalue weighted by Gasteiger charge is 2.23. The minimum Gasteiger partial charge on any atom is -0.395 e. The number of aliphatic hydroxyl groups excluding tert-OH is 1. The molecule has 0 aromatic carbocycles. The lowest BCUT2D eigenvalue weighted by Gasteiger charge is -2.25. The zero-order valence-electron chi connectivity index (χ0n) is 12.2. The van der Waals surface area contributed by atoms with Gasteiger partial charge in [0.05, 0.1) is 18.7 Å². The van der Waals surface area contributed by atoms with Crippen LogP contribution in [0.5, 0.6) is 0 Å². The van der Waals surface area contributed by atoms with Gasteiger partial charge in [0.2, 0.25) is 5.91 Å². The lowest BCUT2D eigenvalue weighted by molar-refractivity contribution is -0.131. The predicted octanol–water partition coefficient (Wildman–Crippen LogP) is 0.407. The molecule has 0 bridgehead atoms. The topological polar surface area (TPSA) is 78.6 Å². The SMILES string of the molecule is Cc1noc(C)c1CC(=O)N(CCO)CC1CCCN1. The highest BCUT2D eigenvalue weighted by atomic mass is 16.5. The molecule has 1 amide bonds. The minimum absolute atomic E-state index is 0.0138. The summed E-state index contributed by atoms with van der Waals surface area (Å²) in [6, 6.07) is 0.343. The van der Waals surface area contributed by atoms with Crippen molar-refractivity contribution in [1.82, 2.24) is 15.4 Å². The first kappa shape index (κ1) is 15.0. The van der Waals surface area contributed by atoms with E-state index in [0.29, 0.717) is 24.9 Å². The average molecular weight is 281 g/mol. The van der Waals surface area contributed by atoms with E-state index in [4.69, 9.17) is 9.63 Å². The first-order valence-electron chi connectivity index (χ1n) is 7.15. The number of aromatic nitrogens is 1. The molecule has 1 unspecified atom stereocenters. The Kier molecular flexibility index (Phi) is 5.14. The van der Waals surface area contributed by atoms with E-state index in [-0.39, 0.29) is 18.9 Å². The second-order valence-corrected chi connectivity index (χ2v) is 5.34. The van der Waals surface area contributed by atoms with Gasteiger partial charge < -0.3 is 19.8 Å². The second kappa shape index (κ2) is 6.85. The number of rotatable bonds is 6. The molecular weight excluding hydrogens is 258 g/mol. The average Bonchev–Trinajstić information content (AvgIpc) is 3.03. The van der Waals surface area contributed by atoms with Crippen LogP contribution in [0.2, 0.25) is 0 Å². The van der Waals surface area contributed by atoms with Crippen molar-refractivity contribution in [3.8, 4) is 0 Å². The fourth-order valence-corrected chi connectivity index (χ4v) is 2.63. The van der Waals surface area contributed by atoms with Gasteiger partial charge in [-0.1, -0.05) is 5.16 Å². The van der Waals surface area contributed by atoms with Gasteiger partial charge in [0, 0.05) is 24.7 Å². The van der Waals surface area contributed by atoms with Gasteiger partial charge in [0.25, 0.3) is 0 Å². The maximum absolute atomic E-state index is 12.4. The Bertz CT molecular complexity index is 433. The van der Waals surface area contributed by atoms with Crippen LogP contribution in [-0.4, -0.2) is 53.4 Å². The summed E-state index contributed by atoms with van der Waals surface area (Å²) in [7, 11) is 0. The largest absolute Gasteiger partial charge is 0.395 e. The summed E-state index contributed by atoms with van der Waals surface area (Å²) in [4.78, 5) is 14.1. The predicted molar refractivity (Wildman–Crippen MR) is 74.4 cm³/mol. The molecule has 6 nitrogen and oxygen atoms in total. The van der Waals surface area contributed by atoms with Gasteiger partial charge in [0.15, 0.2) is 0 Å². The Morgan fingerprint density at radius 3 is 2.90 bits per heavy atom. The standard InChI is InChI=1S/C14H23N3O3/c1-10-13(11(2)20-16-10)8-14(19)17(6-7-18)9-12-4-3-5-15-12/h12,15,18H,3-9H2,1-2H3. The van der Waals surface area contributed by atoms with E-state index < -0.39 is 0 Å². The van der Waals surface area contributed by atoms with Crippen molar-refractivity contribution < 1.29 is 14.4 Å². The summed E-state index contributed by atoms with van der Waals surface area (Å²) in [6.07, 6.45) is 2.52.